The molecule has 2 aromatic rings. The molecule has 0 atom stereocenters. The lowest BCUT2D eigenvalue weighted by molar-refractivity contribution is -0.140. The van der Waals surface area contributed by atoms with Crippen LogP contribution in [0.1, 0.15) is 37.7 Å². The van der Waals surface area contributed by atoms with Gasteiger partial charge in [0, 0.05) is 24.6 Å². The lowest BCUT2D eigenvalue weighted by atomic mass is 9.92. The Bertz CT molecular complexity index is 942. The van der Waals surface area contributed by atoms with Gasteiger partial charge in [-0.05, 0) is 36.6 Å². The van der Waals surface area contributed by atoms with Crippen LogP contribution >= 0.6 is 0 Å². The maximum absolute atomic E-state index is 12.6. The number of aryl methyl sites for hydroxylation is 1. The van der Waals surface area contributed by atoms with Crippen LogP contribution in [0.25, 0.3) is 0 Å². The third-order valence-electron chi connectivity index (χ3n) is 4.30. The number of nitrogens with zero attached hydrogens (tertiary/aromatic N) is 2. The molecule has 1 aromatic carbocycles. The highest BCUT2D eigenvalue weighted by Crippen LogP contribution is 2.27. The average Bonchev–Trinajstić information content (AvgIpc) is 2.96. The van der Waals surface area contributed by atoms with E-state index in [1.54, 1.807) is 24.0 Å². The third-order valence-corrected chi connectivity index (χ3v) is 5.65. The molecule has 1 amide bonds. The van der Waals surface area contributed by atoms with Crippen molar-refractivity contribution in [2.75, 3.05) is 11.3 Å². The SMILES string of the molecule is Cc1cc(NS(=O)(=O)c2ccc3c(c2)CN(C(=O)C(C)(C)C)CC3)no1. The molecule has 3 rings (SSSR count). The summed E-state index contributed by atoms with van der Waals surface area (Å²) in [6.45, 7) is 8.40. The normalized spacial score (nSPS) is 14.8. The summed E-state index contributed by atoms with van der Waals surface area (Å²) in [5.41, 5.74) is 1.46. The van der Waals surface area contributed by atoms with Crippen LogP contribution in [0.5, 0.6) is 0 Å². The number of aromatic nitrogens is 1. The fourth-order valence-electron chi connectivity index (χ4n) is 2.96. The Kier molecular flexibility index (Phi) is 4.56. The van der Waals surface area contributed by atoms with Crippen LogP contribution in [-0.2, 0) is 27.8 Å². The molecule has 1 aliphatic heterocycles. The number of carbonyl (C=O) groups is 1. The first-order valence-corrected chi connectivity index (χ1v) is 9.92. The van der Waals surface area contributed by atoms with E-state index < -0.39 is 15.4 Å². The molecule has 0 fully saturated rings. The van der Waals surface area contributed by atoms with Gasteiger partial charge in [0.25, 0.3) is 10.0 Å². The number of hydrogen-bond acceptors (Lipinski definition) is 5. The molecule has 1 aliphatic rings. The van der Waals surface area contributed by atoms with Crippen molar-refractivity contribution in [3.8, 4) is 0 Å². The maximum atomic E-state index is 12.6. The summed E-state index contributed by atoms with van der Waals surface area (Å²) in [7, 11) is -3.78. The van der Waals surface area contributed by atoms with E-state index in [0.717, 1.165) is 11.1 Å². The zero-order valence-electron chi connectivity index (χ0n) is 15.4. The third kappa shape index (κ3) is 3.75. The van der Waals surface area contributed by atoms with Gasteiger partial charge in [0.05, 0.1) is 4.90 Å². The van der Waals surface area contributed by atoms with E-state index in [1.807, 2.05) is 26.8 Å². The minimum Gasteiger partial charge on any atom is -0.360 e. The Hall–Kier alpha value is -2.35. The average molecular weight is 377 g/mol. The quantitative estimate of drug-likeness (QED) is 0.888. The summed E-state index contributed by atoms with van der Waals surface area (Å²) in [5, 5.41) is 3.66. The summed E-state index contributed by atoms with van der Waals surface area (Å²) >= 11 is 0. The molecular weight excluding hydrogens is 354 g/mol. The number of amides is 1. The van der Waals surface area contributed by atoms with Crippen LogP contribution in [0.4, 0.5) is 5.82 Å². The van der Waals surface area contributed by atoms with E-state index in [4.69, 9.17) is 4.52 Å². The Morgan fingerprint density at radius 1 is 1.23 bits per heavy atom. The lowest BCUT2D eigenvalue weighted by Crippen LogP contribution is -2.42. The fourth-order valence-corrected chi connectivity index (χ4v) is 3.99. The van der Waals surface area contributed by atoms with Gasteiger partial charge in [-0.1, -0.05) is 32.0 Å². The molecule has 140 valence electrons. The summed E-state index contributed by atoms with van der Waals surface area (Å²) in [5.74, 6) is 0.724. The molecule has 0 aliphatic carbocycles. The van der Waals surface area contributed by atoms with Gasteiger partial charge in [0.2, 0.25) is 5.91 Å². The fraction of sp³-hybridized carbons (Fsp3) is 0.444. The maximum Gasteiger partial charge on any atom is 0.263 e. The lowest BCUT2D eigenvalue weighted by Gasteiger charge is -2.33. The van der Waals surface area contributed by atoms with Crippen molar-refractivity contribution in [2.24, 2.45) is 5.41 Å². The summed E-state index contributed by atoms with van der Waals surface area (Å²) in [6, 6.07) is 6.54. The van der Waals surface area contributed by atoms with Gasteiger partial charge < -0.3 is 9.42 Å². The van der Waals surface area contributed by atoms with Crippen molar-refractivity contribution in [1.29, 1.82) is 0 Å². The van der Waals surface area contributed by atoms with E-state index in [1.165, 1.54) is 6.07 Å². The molecule has 7 nitrogen and oxygen atoms in total. The van der Waals surface area contributed by atoms with Crippen molar-refractivity contribution in [3.63, 3.8) is 0 Å². The van der Waals surface area contributed by atoms with Crippen LogP contribution in [0.15, 0.2) is 33.7 Å². The number of nitrogens with one attached hydrogen (secondary N) is 1. The molecule has 0 unspecified atom stereocenters. The van der Waals surface area contributed by atoms with Crippen LogP contribution < -0.4 is 4.72 Å². The smallest absolute Gasteiger partial charge is 0.263 e. The predicted molar refractivity (Wildman–Crippen MR) is 97.1 cm³/mol. The summed E-state index contributed by atoms with van der Waals surface area (Å²) < 4.78 is 32.5. The zero-order chi connectivity index (χ0) is 19.1. The molecule has 1 N–H and O–H groups in total. The van der Waals surface area contributed by atoms with E-state index >= 15 is 0 Å². The topological polar surface area (TPSA) is 92.5 Å². The molecule has 0 spiro atoms. The van der Waals surface area contributed by atoms with E-state index in [9.17, 15) is 13.2 Å². The van der Waals surface area contributed by atoms with Crippen molar-refractivity contribution >= 4 is 21.7 Å². The second-order valence-corrected chi connectivity index (χ2v) is 9.27. The highest BCUT2D eigenvalue weighted by atomic mass is 32.2. The number of fused-ring (bicyclic) bond motifs is 1. The molecule has 2 heterocycles. The van der Waals surface area contributed by atoms with Gasteiger partial charge in [-0.25, -0.2) is 8.42 Å². The number of sulfonamides is 1. The largest absolute Gasteiger partial charge is 0.360 e. The molecule has 0 saturated heterocycles. The highest BCUT2D eigenvalue weighted by molar-refractivity contribution is 7.92. The van der Waals surface area contributed by atoms with Crippen molar-refractivity contribution in [1.82, 2.24) is 10.1 Å². The van der Waals surface area contributed by atoms with Gasteiger partial charge in [-0.15, -0.1) is 0 Å². The van der Waals surface area contributed by atoms with Crippen LogP contribution in [-0.4, -0.2) is 30.9 Å². The predicted octanol–water partition coefficient (Wildman–Crippen LogP) is 2.71. The van der Waals surface area contributed by atoms with Gasteiger partial charge in [-0.3, -0.25) is 9.52 Å². The van der Waals surface area contributed by atoms with Crippen molar-refractivity contribution in [2.45, 2.75) is 45.6 Å². The van der Waals surface area contributed by atoms with Gasteiger partial charge in [0.15, 0.2) is 5.82 Å². The first-order valence-electron chi connectivity index (χ1n) is 8.43. The van der Waals surface area contributed by atoms with Crippen molar-refractivity contribution in [3.05, 3.63) is 41.2 Å². The number of benzene rings is 1. The number of carbonyl (C=O) groups excluding carboxylic acids is 1. The van der Waals surface area contributed by atoms with E-state index in [0.29, 0.717) is 25.3 Å². The van der Waals surface area contributed by atoms with Crippen LogP contribution in [0, 0.1) is 12.3 Å². The second kappa shape index (κ2) is 6.42. The highest BCUT2D eigenvalue weighted by Gasteiger charge is 2.30. The molecule has 8 heteroatoms. The first-order chi connectivity index (χ1) is 12.1. The Morgan fingerprint density at radius 2 is 1.96 bits per heavy atom. The monoisotopic (exact) mass is 377 g/mol. The summed E-state index contributed by atoms with van der Waals surface area (Å²) in [4.78, 5) is 14.5. The molecule has 1 aromatic heterocycles. The molecule has 26 heavy (non-hydrogen) atoms. The molecular formula is C18H23N3O4S. The van der Waals surface area contributed by atoms with E-state index in [-0.39, 0.29) is 16.6 Å². The van der Waals surface area contributed by atoms with E-state index in [2.05, 4.69) is 9.88 Å². The summed E-state index contributed by atoms with van der Waals surface area (Å²) in [6.07, 6.45) is 0.716. The Balaban J connectivity index is 1.85. The first kappa shape index (κ1) is 18.4. The Labute approximate surface area is 153 Å². The number of anilines is 1. The van der Waals surface area contributed by atoms with Gasteiger partial charge in [-0.2, -0.15) is 0 Å². The van der Waals surface area contributed by atoms with Gasteiger partial charge in [0.1, 0.15) is 5.76 Å². The zero-order valence-corrected chi connectivity index (χ0v) is 16.2. The Morgan fingerprint density at radius 3 is 2.58 bits per heavy atom. The second-order valence-electron chi connectivity index (χ2n) is 7.59. The van der Waals surface area contributed by atoms with Crippen LogP contribution in [0.3, 0.4) is 0 Å². The van der Waals surface area contributed by atoms with Crippen LogP contribution in [0.2, 0.25) is 0 Å². The van der Waals surface area contributed by atoms with Gasteiger partial charge >= 0.3 is 0 Å². The minimum atomic E-state index is -3.78. The van der Waals surface area contributed by atoms with Crippen molar-refractivity contribution < 1.29 is 17.7 Å². The standard InChI is InChI=1S/C18H23N3O4S/c1-12-9-16(19-25-12)20-26(23,24)15-6-5-13-7-8-21(11-14(13)10-15)17(22)18(2,3)4/h5-6,9-10H,7-8,11H2,1-4H3,(H,19,20). The molecule has 0 bridgehead atoms. The molecule has 0 saturated carbocycles. The number of hydrogen-bond donors (Lipinski definition) is 1. The minimum absolute atomic E-state index is 0.0626. The molecule has 0 radical (unpaired) electrons. The number of rotatable bonds is 3.